The van der Waals surface area contributed by atoms with E-state index in [2.05, 4.69) is 5.32 Å². The number of carbonyl (C=O) groups excluding carboxylic acids is 1. The van der Waals surface area contributed by atoms with Gasteiger partial charge in [0.15, 0.2) is 0 Å². The standard InChI is InChI=1S/C11H20N2O3/c1-15-11(14)13-5-2-10(8-13)12-9-3-6-16-7-4-9/h9-10,12H,2-8H2,1H3. The molecular weight excluding hydrogens is 208 g/mol. The Balaban J connectivity index is 1.73. The minimum Gasteiger partial charge on any atom is -0.453 e. The quantitative estimate of drug-likeness (QED) is 0.752. The van der Waals surface area contributed by atoms with Gasteiger partial charge in [0, 0.05) is 38.4 Å². The number of nitrogens with zero attached hydrogens (tertiary/aromatic N) is 1. The Kier molecular flexibility index (Phi) is 4.01. The Morgan fingerprint density at radius 3 is 2.75 bits per heavy atom. The van der Waals surface area contributed by atoms with E-state index < -0.39 is 0 Å². The second-order valence-corrected chi connectivity index (χ2v) is 4.45. The topological polar surface area (TPSA) is 50.8 Å². The summed E-state index contributed by atoms with van der Waals surface area (Å²) < 4.78 is 10.0. The van der Waals surface area contributed by atoms with E-state index in [0.29, 0.717) is 12.1 Å². The summed E-state index contributed by atoms with van der Waals surface area (Å²) in [5.74, 6) is 0. The SMILES string of the molecule is COC(=O)N1CCC(NC2CCOCC2)C1. The maximum absolute atomic E-state index is 11.3. The number of carbonyl (C=O) groups is 1. The van der Waals surface area contributed by atoms with Crippen molar-refractivity contribution < 1.29 is 14.3 Å². The third kappa shape index (κ3) is 2.86. The van der Waals surface area contributed by atoms with Crippen LogP contribution in [0.3, 0.4) is 0 Å². The average molecular weight is 228 g/mol. The predicted octanol–water partition coefficient (Wildman–Crippen LogP) is 0.596. The lowest BCUT2D eigenvalue weighted by atomic mass is 10.1. The minimum absolute atomic E-state index is 0.212. The van der Waals surface area contributed by atoms with Crippen LogP contribution >= 0.6 is 0 Å². The van der Waals surface area contributed by atoms with Crippen LogP contribution in [0.25, 0.3) is 0 Å². The molecule has 92 valence electrons. The molecule has 16 heavy (non-hydrogen) atoms. The molecule has 0 spiro atoms. The molecule has 0 aliphatic carbocycles. The molecule has 0 saturated carbocycles. The third-order valence-electron chi connectivity index (χ3n) is 3.31. The molecule has 2 saturated heterocycles. The lowest BCUT2D eigenvalue weighted by Crippen LogP contribution is -2.43. The van der Waals surface area contributed by atoms with Crippen molar-refractivity contribution in [2.75, 3.05) is 33.4 Å². The molecule has 5 nitrogen and oxygen atoms in total. The van der Waals surface area contributed by atoms with Crippen molar-refractivity contribution in [2.45, 2.75) is 31.3 Å². The zero-order chi connectivity index (χ0) is 11.4. The number of amides is 1. The molecule has 1 amide bonds. The Morgan fingerprint density at radius 2 is 2.06 bits per heavy atom. The molecule has 0 aromatic rings. The van der Waals surface area contributed by atoms with Crippen molar-refractivity contribution in [1.29, 1.82) is 0 Å². The van der Waals surface area contributed by atoms with Gasteiger partial charge in [-0.25, -0.2) is 4.79 Å². The number of likely N-dealkylation sites (tertiary alicyclic amines) is 1. The second kappa shape index (κ2) is 5.50. The van der Waals surface area contributed by atoms with Crippen LogP contribution in [-0.2, 0) is 9.47 Å². The summed E-state index contributed by atoms with van der Waals surface area (Å²) in [6.45, 7) is 3.27. The zero-order valence-corrected chi connectivity index (χ0v) is 9.78. The van der Waals surface area contributed by atoms with Crippen LogP contribution in [0.2, 0.25) is 0 Å². The van der Waals surface area contributed by atoms with Gasteiger partial charge in [0.05, 0.1) is 7.11 Å². The first-order chi connectivity index (χ1) is 7.79. The Bertz CT molecular complexity index is 241. The van der Waals surface area contributed by atoms with E-state index in [1.807, 2.05) is 0 Å². The summed E-state index contributed by atoms with van der Waals surface area (Å²) in [6, 6.07) is 0.971. The molecule has 2 rings (SSSR count). The van der Waals surface area contributed by atoms with Gasteiger partial charge in [0.1, 0.15) is 0 Å². The summed E-state index contributed by atoms with van der Waals surface area (Å²) in [5.41, 5.74) is 0. The molecule has 2 aliphatic heterocycles. The van der Waals surface area contributed by atoms with Crippen molar-refractivity contribution >= 4 is 6.09 Å². The van der Waals surface area contributed by atoms with Crippen molar-refractivity contribution in [2.24, 2.45) is 0 Å². The van der Waals surface area contributed by atoms with Crippen molar-refractivity contribution in [1.82, 2.24) is 10.2 Å². The highest BCUT2D eigenvalue weighted by atomic mass is 16.5. The van der Waals surface area contributed by atoms with Crippen LogP contribution in [0.4, 0.5) is 4.79 Å². The van der Waals surface area contributed by atoms with E-state index in [0.717, 1.165) is 45.6 Å². The number of nitrogens with one attached hydrogen (secondary N) is 1. The molecule has 0 bridgehead atoms. The predicted molar refractivity (Wildman–Crippen MR) is 59.4 cm³/mol. The van der Waals surface area contributed by atoms with Crippen LogP contribution in [0.15, 0.2) is 0 Å². The highest BCUT2D eigenvalue weighted by Crippen LogP contribution is 2.14. The van der Waals surface area contributed by atoms with Gasteiger partial charge in [-0.3, -0.25) is 0 Å². The molecule has 1 atom stereocenters. The fourth-order valence-corrected chi connectivity index (χ4v) is 2.39. The lowest BCUT2D eigenvalue weighted by Gasteiger charge is -2.26. The highest BCUT2D eigenvalue weighted by Gasteiger charge is 2.28. The van der Waals surface area contributed by atoms with Gasteiger partial charge in [-0.05, 0) is 19.3 Å². The van der Waals surface area contributed by atoms with E-state index >= 15 is 0 Å². The second-order valence-electron chi connectivity index (χ2n) is 4.45. The number of hydrogen-bond donors (Lipinski definition) is 1. The summed E-state index contributed by atoms with van der Waals surface area (Å²) in [6.07, 6.45) is 2.96. The first kappa shape index (κ1) is 11.7. The van der Waals surface area contributed by atoms with Gasteiger partial charge in [-0.1, -0.05) is 0 Å². The maximum Gasteiger partial charge on any atom is 0.409 e. The Morgan fingerprint density at radius 1 is 1.31 bits per heavy atom. The van der Waals surface area contributed by atoms with Crippen LogP contribution in [0, 0.1) is 0 Å². The summed E-state index contributed by atoms with van der Waals surface area (Å²) in [7, 11) is 1.43. The summed E-state index contributed by atoms with van der Waals surface area (Å²) in [5, 5.41) is 3.60. The van der Waals surface area contributed by atoms with Gasteiger partial charge in [-0.15, -0.1) is 0 Å². The van der Waals surface area contributed by atoms with E-state index in [-0.39, 0.29) is 6.09 Å². The monoisotopic (exact) mass is 228 g/mol. The summed E-state index contributed by atoms with van der Waals surface area (Å²) in [4.78, 5) is 13.1. The molecule has 0 aromatic heterocycles. The van der Waals surface area contributed by atoms with Gasteiger partial charge < -0.3 is 19.7 Å². The largest absolute Gasteiger partial charge is 0.453 e. The van der Waals surface area contributed by atoms with Crippen LogP contribution < -0.4 is 5.32 Å². The van der Waals surface area contributed by atoms with Crippen LogP contribution in [-0.4, -0.2) is 56.5 Å². The number of ether oxygens (including phenoxy) is 2. The van der Waals surface area contributed by atoms with Crippen molar-refractivity contribution in [3.8, 4) is 0 Å². The molecule has 2 fully saturated rings. The van der Waals surface area contributed by atoms with Gasteiger partial charge in [-0.2, -0.15) is 0 Å². The molecule has 0 aromatic carbocycles. The van der Waals surface area contributed by atoms with E-state index in [1.165, 1.54) is 7.11 Å². The minimum atomic E-state index is -0.212. The maximum atomic E-state index is 11.3. The Hall–Kier alpha value is -0.810. The molecule has 1 N–H and O–H groups in total. The van der Waals surface area contributed by atoms with Gasteiger partial charge in [0.25, 0.3) is 0 Å². The summed E-state index contributed by atoms with van der Waals surface area (Å²) >= 11 is 0. The van der Waals surface area contributed by atoms with E-state index in [9.17, 15) is 4.79 Å². The third-order valence-corrected chi connectivity index (χ3v) is 3.31. The van der Waals surface area contributed by atoms with Gasteiger partial charge in [0.2, 0.25) is 0 Å². The zero-order valence-electron chi connectivity index (χ0n) is 9.78. The van der Waals surface area contributed by atoms with Crippen molar-refractivity contribution in [3.63, 3.8) is 0 Å². The number of hydrogen-bond acceptors (Lipinski definition) is 4. The molecular formula is C11H20N2O3. The number of methoxy groups -OCH3 is 1. The average Bonchev–Trinajstić information content (AvgIpc) is 2.78. The molecule has 2 aliphatic rings. The Labute approximate surface area is 96.1 Å². The first-order valence-electron chi connectivity index (χ1n) is 5.96. The fraction of sp³-hybridized carbons (Fsp3) is 0.909. The number of rotatable bonds is 2. The van der Waals surface area contributed by atoms with E-state index in [4.69, 9.17) is 9.47 Å². The fourth-order valence-electron chi connectivity index (χ4n) is 2.39. The van der Waals surface area contributed by atoms with Gasteiger partial charge >= 0.3 is 6.09 Å². The lowest BCUT2D eigenvalue weighted by molar-refractivity contribution is 0.0748. The van der Waals surface area contributed by atoms with Crippen molar-refractivity contribution in [3.05, 3.63) is 0 Å². The normalized spacial score (nSPS) is 27.1. The van der Waals surface area contributed by atoms with Crippen LogP contribution in [0.5, 0.6) is 0 Å². The molecule has 5 heteroatoms. The van der Waals surface area contributed by atoms with Crippen LogP contribution in [0.1, 0.15) is 19.3 Å². The van der Waals surface area contributed by atoms with E-state index in [1.54, 1.807) is 4.90 Å². The molecule has 0 radical (unpaired) electrons. The first-order valence-corrected chi connectivity index (χ1v) is 5.96. The molecule has 1 unspecified atom stereocenters. The highest BCUT2D eigenvalue weighted by molar-refractivity contribution is 5.67. The smallest absolute Gasteiger partial charge is 0.409 e. The molecule has 2 heterocycles.